The Hall–Kier alpha value is -1.39. The Balaban J connectivity index is 3.34. The number of nitrogens with zero attached hydrogens (tertiary/aromatic N) is 1. The van der Waals surface area contributed by atoms with E-state index in [1.807, 2.05) is 0 Å². The molecule has 0 atom stereocenters. The first kappa shape index (κ1) is 6.73. The standard InChI is InChI=1S/C5H8N2O3/c1-7-4(10-2)3(8)6-5(7)9/h8H,1-2H3,(H,6,9). The smallest absolute Gasteiger partial charge is 0.331 e. The predicted molar refractivity (Wildman–Crippen MR) is 34.3 cm³/mol. The summed E-state index contributed by atoms with van der Waals surface area (Å²) in [5.41, 5.74) is -0.394. The molecule has 0 saturated heterocycles. The quantitative estimate of drug-likeness (QED) is 0.554. The Morgan fingerprint density at radius 2 is 2.30 bits per heavy atom. The molecule has 0 saturated carbocycles. The lowest BCUT2D eigenvalue weighted by Crippen LogP contribution is -2.12. The molecular weight excluding hydrogens is 136 g/mol. The molecule has 1 rings (SSSR count). The van der Waals surface area contributed by atoms with E-state index in [1.165, 1.54) is 18.7 Å². The molecule has 1 aromatic heterocycles. The van der Waals surface area contributed by atoms with Crippen LogP contribution in [0.2, 0.25) is 0 Å². The van der Waals surface area contributed by atoms with E-state index in [0.717, 1.165) is 0 Å². The maximum Gasteiger partial charge on any atom is 0.331 e. The van der Waals surface area contributed by atoms with Crippen LogP contribution in [0.4, 0.5) is 0 Å². The summed E-state index contributed by atoms with van der Waals surface area (Å²) in [5.74, 6) is -0.0972. The maximum atomic E-state index is 10.7. The molecule has 56 valence electrons. The predicted octanol–water partition coefficient (Wildman–Crippen LogP) is -0.572. The van der Waals surface area contributed by atoms with Gasteiger partial charge in [0.2, 0.25) is 0 Å². The van der Waals surface area contributed by atoms with Gasteiger partial charge in [0.05, 0.1) is 7.11 Å². The van der Waals surface area contributed by atoms with Gasteiger partial charge in [0.15, 0.2) is 0 Å². The largest absolute Gasteiger partial charge is 0.491 e. The van der Waals surface area contributed by atoms with Gasteiger partial charge in [-0.25, -0.2) is 4.79 Å². The highest BCUT2D eigenvalue weighted by atomic mass is 16.5. The summed E-state index contributed by atoms with van der Waals surface area (Å²) in [4.78, 5) is 12.9. The molecule has 0 aromatic carbocycles. The van der Waals surface area contributed by atoms with Crippen molar-refractivity contribution in [3.05, 3.63) is 10.5 Å². The summed E-state index contributed by atoms with van der Waals surface area (Å²) >= 11 is 0. The van der Waals surface area contributed by atoms with Crippen LogP contribution in [0, 0.1) is 0 Å². The van der Waals surface area contributed by atoms with Crippen LogP contribution in [0.1, 0.15) is 0 Å². The first-order chi connectivity index (χ1) is 4.66. The van der Waals surface area contributed by atoms with Gasteiger partial charge in [-0.1, -0.05) is 0 Å². The molecule has 0 amide bonds. The van der Waals surface area contributed by atoms with Gasteiger partial charge in [-0.15, -0.1) is 0 Å². The molecule has 0 aliphatic heterocycles. The lowest BCUT2D eigenvalue weighted by atomic mass is 10.7. The van der Waals surface area contributed by atoms with Crippen molar-refractivity contribution in [2.45, 2.75) is 0 Å². The van der Waals surface area contributed by atoms with Crippen molar-refractivity contribution in [2.24, 2.45) is 7.05 Å². The van der Waals surface area contributed by atoms with E-state index in [0.29, 0.717) is 0 Å². The fraction of sp³-hybridized carbons (Fsp3) is 0.400. The summed E-state index contributed by atoms with van der Waals surface area (Å²) < 4.78 is 5.85. The van der Waals surface area contributed by atoms with Crippen LogP contribution in [-0.2, 0) is 7.05 Å². The Labute approximate surface area is 56.9 Å². The number of hydrogen-bond acceptors (Lipinski definition) is 3. The van der Waals surface area contributed by atoms with E-state index in [2.05, 4.69) is 9.72 Å². The fourth-order valence-electron chi connectivity index (χ4n) is 0.723. The van der Waals surface area contributed by atoms with Crippen LogP contribution < -0.4 is 10.4 Å². The zero-order valence-electron chi connectivity index (χ0n) is 5.71. The molecule has 1 aromatic rings. The van der Waals surface area contributed by atoms with Crippen molar-refractivity contribution >= 4 is 0 Å². The molecule has 0 aliphatic carbocycles. The number of imidazole rings is 1. The normalized spacial score (nSPS) is 9.80. The molecule has 0 aliphatic rings. The fourth-order valence-corrected chi connectivity index (χ4v) is 0.723. The minimum Gasteiger partial charge on any atom is -0.491 e. The second kappa shape index (κ2) is 2.09. The van der Waals surface area contributed by atoms with Crippen molar-refractivity contribution in [3.8, 4) is 11.8 Å². The molecule has 10 heavy (non-hydrogen) atoms. The van der Waals surface area contributed by atoms with Crippen LogP contribution in [0.3, 0.4) is 0 Å². The van der Waals surface area contributed by atoms with Gasteiger partial charge in [-0.3, -0.25) is 9.55 Å². The summed E-state index contributed by atoms with van der Waals surface area (Å²) in [7, 11) is 2.87. The molecular formula is C5H8N2O3. The number of aromatic amines is 1. The van der Waals surface area contributed by atoms with Crippen molar-refractivity contribution in [2.75, 3.05) is 7.11 Å². The average Bonchev–Trinajstić information content (AvgIpc) is 2.09. The van der Waals surface area contributed by atoms with Gasteiger partial charge in [0.1, 0.15) is 0 Å². The zero-order valence-corrected chi connectivity index (χ0v) is 5.71. The first-order valence-corrected chi connectivity index (χ1v) is 2.68. The van der Waals surface area contributed by atoms with Crippen molar-refractivity contribution in [1.29, 1.82) is 0 Å². The highest BCUT2D eigenvalue weighted by Gasteiger charge is 2.08. The summed E-state index contributed by atoms with van der Waals surface area (Å²) in [6.45, 7) is 0. The third kappa shape index (κ3) is 0.754. The number of hydrogen-bond donors (Lipinski definition) is 2. The van der Waals surface area contributed by atoms with Crippen molar-refractivity contribution in [3.63, 3.8) is 0 Å². The van der Waals surface area contributed by atoms with Crippen LogP contribution in [-0.4, -0.2) is 21.8 Å². The Morgan fingerprint density at radius 1 is 1.70 bits per heavy atom. The van der Waals surface area contributed by atoms with Crippen molar-refractivity contribution < 1.29 is 9.84 Å². The van der Waals surface area contributed by atoms with Crippen LogP contribution >= 0.6 is 0 Å². The van der Waals surface area contributed by atoms with Gasteiger partial charge in [-0.2, -0.15) is 0 Å². The molecule has 5 heteroatoms. The number of aromatic hydroxyl groups is 1. The topological polar surface area (TPSA) is 67.2 Å². The van der Waals surface area contributed by atoms with E-state index in [4.69, 9.17) is 5.11 Å². The number of ether oxygens (including phenoxy) is 1. The van der Waals surface area contributed by atoms with Crippen molar-refractivity contribution in [1.82, 2.24) is 9.55 Å². The molecule has 1 heterocycles. The average molecular weight is 144 g/mol. The van der Waals surface area contributed by atoms with E-state index >= 15 is 0 Å². The van der Waals surface area contributed by atoms with E-state index < -0.39 is 5.69 Å². The Kier molecular flexibility index (Phi) is 1.41. The minimum absolute atomic E-state index is 0.144. The molecule has 0 radical (unpaired) electrons. The number of aromatic nitrogens is 2. The third-order valence-electron chi connectivity index (χ3n) is 1.23. The number of nitrogens with one attached hydrogen (secondary N) is 1. The highest BCUT2D eigenvalue weighted by molar-refractivity contribution is 5.24. The second-order valence-electron chi connectivity index (χ2n) is 1.85. The van der Waals surface area contributed by atoms with E-state index in [-0.39, 0.29) is 11.8 Å². The minimum atomic E-state index is -0.394. The molecule has 5 nitrogen and oxygen atoms in total. The third-order valence-corrected chi connectivity index (χ3v) is 1.23. The van der Waals surface area contributed by atoms with Gasteiger partial charge in [0, 0.05) is 7.05 Å². The van der Waals surface area contributed by atoms with E-state index in [1.54, 1.807) is 0 Å². The van der Waals surface area contributed by atoms with Crippen LogP contribution in [0.15, 0.2) is 4.79 Å². The lowest BCUT2D eigenvalue weighted by molar-refractivity contribution is 0.345. The van der Waals surface area contributed by atoms with E-state index in [9.17, 15) is 4.79 Å². The number of methoxy groups -OCH3 is 1. The summed E-state index contributed by atoms with van der Waals surface area (Å²) in [6, 6.07) is 0. The number of H-pyrrole nitrogens is 1. The summed E-state index contributed by atoms with van der Waals surface area (Å²) in [5, 5.41) is 8.91. The molecule has 0 unspecified atom stereocenters. The molecule has 0 bridgehead atoms. The molecule has 2 N–H and O–H groups in total. The van der Waals surface area contributed by atoms with Crippen LogP contribution in [0.5, 0.6) is 11.8 Å². The molecule has 0 fully saturated rings. The SMILES string of the molecule is COc1c(O)[nH]c(=O)n1C. The van der Waals surface area contributed by atoms with Gasteiger partial charge in [0.25, 0.3) is 11.8 Å². The first-order valence-electron chi connectivity index (χ1n) is 2.68. The molecule has 0 spiro atoms. The summed E-state index contributed by atoms with van der Waals surface area (Å²) in [6.07, 6.45) is 0. The Bertz CT molecular complexity index is 286. The lowest BCUT2D eigenvalue weighted by Gasteiger charge is -1.96. The Morgan fingerprint density at radius 3 is 2.50 bits per heavy atom. The number of rotatable bonds is 1. The van der Waals surface area contributed by atoms with Crippen LogP contribution in [0.25, 0.3) is 0 Å². The van der Waals surface area contributed by atoms with Gasteiger partial charge < -0.3 is 9.84 Å². The van der Waals surface area contributed by atoms with Gasteiger partial charge >= 0.3 is 5.69 Å². The van der Waals surface area contributed by atoms with Gasteiger partial charge in [-0.05, 0) is 0 Å². The monoisotopic (exact) mass is 144 g/mol. The second-order valence-corrected chi connectivity index (χ2v) is 1.85. The highest BCUT2D eigenvalue weighted by Crippen LogP contribution is 2.18. The zero-order chi connectivity index (χ0) is 7.72. The maximum absolute atomic E-state index is 10.7.